The molecule has 0 spiro atoms. The van der Waals surface area contributed by atoms with Gasteiger partial charge in [0, 0.05) is 12.0 Å². The Bertz CT molecular complexity index is 869. The van der Waals surface area contributed by atoms with E-state index < -0.39 is 23.6 Å². The van der Waals surface area contributed by atoms with E-state index in [1.165, 1.54) is 56.2 Å². The molecule has 0 atom stereocenters. The Morgan fingerprint density at radius 2 is 1.71 bits per heavy atom. The topological polar surface area (TPSA) is 26.3 Å². The van der Waals surface area contributed by atoms with E-state index in [4.69, 9.17) is 4.74 Å². The van der Waals surface area contributed by atoms with Crippen molar-refractivity contribution in [2.24, 2.45) is 5.92 Å². The number of hydrogen-bond acceptors (Lipinski definition) is 2. The van der Waals surface area contributed by atoms with Gasteiger partial charge in [-0.15, -0.1) is 0 Å². The van der Waals surface area contributed by atoms with Crippen molar-refractivity contribution in [3.63, 3.8) is 0 Å². The maximum Gasteiger partial charge on any atom is 0.267 e. The van der Waals surface area contributed by atoms with Crippen LogP contribution in [0.1, 0.15) is 98.2 Å². The van der Waals surface area contributed by atoms with Crippen molar-refractivity contribution in [3.05, 3.63) is 64.5 Å². The van der Waals surface area contributed by atoms with Gasteiger partial charge >= 0.3 is 0 Å². The zero-order chi connectivity index (χ0) is 22.4. The van der Waals surface area contributed by atoms with Crippen molar-refractivity contribution in [1.82, 2.24) is 0 Å². The first kappa shape index (κ1) is 23.4. The number of benzene rings is 2. The van der Waals surface area contributed by atoms with Gasteiger partial charge in [0.25, 0.3) is 6.43 Å². The van der Waals surface area contributed by atoms with Gasteiger partial charge in [0.1, 0.15) is 6.61 Å². The molecule has 5 heteroatoms. The number of carbonyl (C=O) groups excluding carboxylic acids is 1. The third-order valence-corrected chi connectivity index (χ3v) is 6.37. The van der Waals surface area contributed by atoms with Gasteiger partial charge in [0.05, 0.1) is 5.56 Å². The Hall–Kier alpha value is -2.30. The van der Waals surface area contributed by atoms with E-state index in [0.29, 0.717) is 5.92 Å². The summed E-state index contributed by atoms with van der Waals surface area (Å²) < 4.78 is 46.8. The maximum absolute atomic E-state index is 14.6. The van der Waals surface area contributed by atoms with E-state index >= 15 is 0 Å². The second-order valence-electron chi connectivity index (χ2n) is 8.45. The highest BCUT2D eigenvalue weighted by molar-refractivity contribution is 5.97. The largest absolute Gasteiger partial charge is 0.486 e. The van der Waals surface area contributed by atoms with Crippen LogP contribution in [0.2, 0.25) is 0 Å². The molecule has 1 aliphatic carbocycles. The maximum atomic E-state index is 14.6. The minimum atomic E-state index is -3.08. The molecule has 3 rings (SSSR count). The Labute approximate surface area is 182 Å². The van der Waals surface area contributed by atoms with Crippen LogP contribution in [0.25, 0.3) is 0 Å². The molecule has 2 nitrogen and oxygen atoms in total. The summed E-state index contributed by atoms with van der Waals surface area (Å²) in [6, 6.07) is 10.6. The number of hydrogen-bond donors (Lipinski definition) is 0. The van der Waals surface area contributed by atoms with E-state index in [1.807, 2.05) is 12.1 Å². The average molecular weight is 433 g/mol. The fourth-order valence-electron chi connectivity index (χ4n) is 4.57. The van der Waals surface area contributed by atoms with Gasteiger partial charge in [-0.1, -0.05) is 51.0 Å². The lowest BCUT2D eigenvalue weighted by molar-refractivity contribution is 0.0970. The van der Waals surface area contributed by atoms with Crippen LogP contribution >= 0.6 is 0 Å². The van der Waals surface area contributed by atoms with Crippen molar-refractivity contribution in [2.75, 3.05) is 0 Å². The van der Waals surface area contributed by atoms with Crippen molar-refractivity contribution in [3.8, 4) is 5.75 Å². The molecule has 31 heavy (non-hydrogen) atoms. The Morgan fingerprint density at radius 1 is 1.03 bits per heavy atom. The summed E-state index contributed by atoms with van der Waals surface area (Å²) in [5, 5.41) is 0. The summed E-state index contributed by atoms with van der Waals surface area (Å²) in [4.78, 5) is 11.9. The third kappa shape index (κ3) is 5.69. The monoisotopic (exact) mass is 432 g/mol. The van der Waals surface area contributed by atoms with Crippen LogP contribution in [0.3, 0.4) is 0 Å². The summed E-state index contributed by atoms with van der Waals surface area (Å²) in [5.41, 5.74) is 1.00. The van der Waals surface area contributed by atoms with E-state index in [1.54, 1.807) is 6.92 Å². The van der Waals surface area contributed by atoms with Gasteiger partial charge < -0.3 is 4.74 Å². The van der Waals surface area contributed by atoms with Gasteiger partial charge in [0.15, 0.2) is 17.3 Å². The quantitative estimate of drug-likeness (QED) is 0.375. The predicted molar refractivity (Wildman–Crippen MR) is 116 cm³/mol. The normalized spacial score (nSPS) is 18.9. The molecule has 1 fully saturated rings. The van der Waals surface area contributed by atoms with Crippen LogP contribution in [-0.4, -0.2) is 5.78 Å². The fraction of sp³-hybridized carbons (Fsp3) is 0.500. The van der Waals surface area contributed by atoms with Gasteiger partial charge in [-0.05, 0) is 60.8 Å². The molecule has 0 bridgehead atoms. The number of carbonyl (C=O) groups is 1. The summed E-state index contributed by atoms with van der Waals surface area (Å²) in [5.74, 6) is -0.491. The standard InChI is InChI=1S/C26H31F3O2/c1-3-5-17-6-10-19(11-7-17)20-12-8-18(9-13-20)16-31-23-15-14-21(22(30)4-2)24(25(23)27)26(28)29/h8-9,12-15,17,19,26H,3-7,10-11,16H2,1-2H3. The SMILES string of the molecule is CCCC1CCC(c2ccc(COc3ccc(C(=O)CC)c(C(F)F)c3F)cc2)CC1. The first-order chi connectivity index (χ1) is 14.9. The van der Waals surface area contributed by atoms with Crippen molar-refractivity contribution < 1.29 is 22.7 Å². The zero-order valence-electron chi connectivity index (χ0n) is 18.3. The lowest BCUT2D eigenvalue weighted by Gasteiger charge is -2.28. The predicted octanol–water partition coefficient (Wildman–Crippen LogP) is 8.01. The number of ether oxygens (including phenoxy) is 1. The Balaban J connectivity index is 1.64. The van der Waals surface area contributed by atoms with Crippen LogP contribution in [0, 0.1) is 11.7 Å². The Kier molecular flexibility index (Phi) is 8.16. The molecule has 1 aliphatic rings. The lowest BCUT2D eigenvalue weighted by atomic mass is 9.77. The van der Waals surface area contributed by atoms with Crippen LogP contribution < -0.4 is 4.74 Å². The number of alkyl halides is 2. The lowest BCUT2D eigenvalue weighted by Crippen LogP contribution is -2.13. The summed E-state index contributed by atoms with van der Waals surface area (Å²) >= 11 is 0. The summed E-state index contributed by atoms with van der Waals surface area (Å²) in [6.07, 6.45) is 4.52. The molecule has 0 aliphatic heterocycles. The minimum Gasteiger partial charge on any atom is -0.486 e. The smallest absolute Gasteiger partial charge is 0.267 e. The average Bonchev–Trinajstić information content (AvgIpc) is 2.78. The zero-order valence-corrected chi connectivity index (χ0v) is 18.3. The highest BCUT2D eigenvalue weighted by Gasteiger charge is 2.25. The van der Waals surface area contributed by atoms with Gasteiger partial charge in [-0.25, -0.2) is 13.2 Å². The molecular formula is C26H31F3O2. The molecule has 2 aromatic carbocycles. The molecular weight excluding hydrogens is 401 g/mol. The number of ketones is 1. The molecule has 0 radical (unpaired) electrons. The van der Waals surface area contributed by atoms with Gasteiger partial charge in [-0.2, -0.15) is 0 Å². The summed E-state index contributed by atoms with van der Waals surface area (Å²) in [7, 11) is 0. The van der Waals surface area contributed by atoms with Crippen LogP contribution in [-0.2, 0) is 6.61 Å². The molecule has 0 saturated heterocycles. The van der Waals surface area contributed by atoms with Crippen molar-refractivity contribution in [1.29, 1.82) is 0 Å². The first-order valence-corrected chi connectivity index (χ1v) is 11.3. The number of rotatable bonds is 9. The molecule has 0 unspecified atom stereocenters. The molecule has 2 aromatic rings. The van der Waals surface area contributed by atoms with Crippen molar-refractivity contribution in [2.45, 2.75) is 77.7 Å². The van der Waals surface area contributed by atoms with E-state index in [9.17, 15) is 18.0 Å². The van der Waals surface area contributed by atoms with E-state index in [-0.39, 0.29) is 24.3 Å². The molecule has 0 aromatic heterocycles. The fourth-order valence-corrected chi connectivity index (χ4v) is 4.57. The van der Waals surface area contributed by atoms with Gasteiger partial charge in [-0.3, -0.25) is 4.79 Å². The highest BCUT2D eigenvalue weighted by atomic mass is 19.3. The number of Topliss-reactive ketones (excluding diaryl/α,β-unsaturated/α-hetero) is 1. The second kappa shape index (κ2) is 10.8. The summed E-state index contributed by atoms with van der Waals surface area (Å²) in [6.45, 7) is 3.87. The number of halogens is 3. The van der Waals surface area contributed by atoms with E-state index in [2.05, 4.69) is 19.1 Å². The van der Waals surface area contributed by atoms with Crippen LogP contribution in [0.4, 0.5) is 13.2 Å². The van der Waals surface area contributed by atoms with Crippen LogP contribution in [0.5, 0.6) is 5.75 Å². The van der Waals surface area contributed by atoms with Gasteiger partial charge in [0.2, 0.25) is 0 Å². The minimum absolute atomic E-state index is 0.0337. The Morgan fingerprint density at radius 3 is 2.29 bits per heavy atom. The first-order valence-electron chi connectivity index (χ1n) is 11.3. The molecule has 0 N–H and O–H groups in total. The molecule has 168 valence electrons. The molecule has 0 amide bonds. The molecule has 1 saturated carbocycles. The van der Waals surface area contributed by atoms with Crippen LogP contribution in [0.15, 0.2) is 36.4 Å². The van der Waals surface area contributed by atoms with E-state index in [0.717, 1.165) is 11.5 Å². The van der Waals surface area contributed by atoms with Crippen molar-refractivity contribution >= 4 is 5.78 Å². The second-order valence-corrected chi connectivity index (χ2v) is 8.45. The highest BCUT2D eigenvalue weighted by Crippen LogP contribution is 2.37. The third-order valence-electron chi connectivity index (χ3n) is 6.37. The molecule has 0 heterocycles.